The van der Waals surface area contributed by atoms with Crippen LogP contribution in [0.2, 0.25) is 0 Å². The van der Waals surface area contributed by atoms with Gasteiger partial charge in [0.15, 0.2) is 0 Å². The smallest absolute Gasteiger partial charge is 0.337 e. The van der Waals surface area contributed by atoms with Crippen molar-refractivity contribution in [1.82, 2.24) is 4.98 Å². The van der Waals surface area contributed by atoms with E-state index in [4.69, 9.17) is 5.11 Å². The maximum Gasteiger partial charge on any atom is 0.337 e. The third-order valence-electron chi connectivity index (χ3n) is 2.82. The number of benzene rings is 1. The van der Waals surface area contributed by atoms with Gasteiger partial charge in [0, 0.05) is 22.8 Å². The zero-order valence-corrected chi connectivity index (χ0v) is 12.6. The fourth-order valence-corrected chi connectivity index (χ4v) is 2.16. The molecule has 0 saturated heterocycles. The second-order valence-electron chi connectivity index (χ2n) is 4.36. The second kappa shape index (κ2) is 6.99. The van der Waals surface area contributed by atoms with Crippen LogP contribution in [0, 0.1) is 0 Å². The first-order valence-corrected chi connectivity index (χ1v) is 7.08. The largest absolute Gasteiger partial charge is 0.478 e. The molecule has 0 aliphatic rings. The summed E-state index contributed by atoms with van der Waals surface area (Å²) in [4.78, 5) is 27.2. The van der Waals surface area contributed by atoms with Crippen LogP contribution in [0.25, 0.3) is 0 Å². The van der Waals surface area contributed by atoms with Crippen molar-refractivity contribution in [2.75, 3.05) is 5.32 Å². The van der Waals surface area contributed by atoms with Crippen LogP contribution in [-0.4, -0.2) is 22.0 Å². The molecule has 2 aromatic rings. The molecule has 0 unspecified atom stereocenters. The van der Waals surface area contributed by atoms with Crippen molar-refractivity contribution in [2.24, 2.45) is 0 Å². The lowest BCUT2D eigenvalue weighted by molar-refractivity contribution is -0.116. The van der Waals surface area contributed by atoms with E-state index in [1.807, 2.05) is 18.2 Å². The van der Waals surface area contributed by atoms with Gasteiger partial charge in [-0.2, -0.15) is 0 Å². The van der Waals surface area contributed by atoms with Gasteiger partial charge in [-0.05, 0) is 36.8 Å². The molecule has 2 rings (SSSR count). The van der Waals surface area contributed by atoms with Crippen LogP contribution in [0.3, 0.4) is 0 Å². The Morgan fingerprint density at radius 3 is 2.71 bits per heavy atom. The third-order valence-corrected chi connectivity index (χ3v) is 3.31. The summed E-state index contributed by atoms with van der Waals surface area (Å²) in [6.45, 7) is 0. The Kier molecular flexibility index (Phi) is 5.05. The summed E-state index contributed by atoms with van der Waals surface area (Å²) in [5, 5.41) is 11.7. The van der Waals surface area contributed by atoms with Crippen LogP contribution in [-0.2, 0) is 11.2 Å². The van der Waals surface area contributed by atoms with Crippen LogP contribution in [0.1, 0.15) is 22.5 Å². The number of carboxylic acids is 1. The highest BCUT2D eigenvalue weighted by Gasteiger charge is 2.13. The molecule has 0 aliphatic heterocycles. The number of aromatic nitrogens is 1. The summed E-state index contributed by atoms with van der Waals surface area (Å²) in [6.07, 6.45) is 2.42. The van der Waals surface area contributed by atoms with Crippen molar-refractivity contribution in [3.8, 4) is 0 Å². The summed E-state index contributed by atoms with van der Waals surface area (Å²) >= 11 is 3.21. The number of halogens is 1. The molecule has 0 radical (unpaired) electrons. The first-order valence-electron chi connectivity index (χ1n) is 6.29. The first kappa shape index (κ1) is 15.2. The molecule has 1 amide bonds. The van der Waals surface area contributed by atoms with E-state index in [1.165, 1.54) is 6.07 Å². The number of anilines is 1. The summed E-state index contributed by atoms with van der Waals surface area (Å²) in [5.74, 6) is -1.33. The number of aromatic carboxylic acids is 1. The maximum absolute atomic E-state index is 11.9. The molecule has 0 bridgehead atoms. The van der Waals surface area contributed by atoms with Gasteiger partial charge in [-0.1, -0.05) is 22.0 Å². The Labute approximate surface area is 130 Å². The molecule has 1 heterocycles. The minimum absolute atomic E-state index is 0.0514. The van der Waals surface area contributed by atoms with Gasteiger partial charge in [0.25, 0.3) is 0 Å². The Balaban J connectivity index is 2.01. The van der Waals surface area contributed by atoms with Crippen molar-refractivity contribution >= 4 is 33.5 Å². The zero-order chi connectivity index (χ0) is 15.2. The van der Waals surface area contributed by atoms with E-state index in [-0.39, 0.29) is 23.6 Å². The van der Waals surface area contributed by atoms with Gasteiger partial charge in [0.1, 0.15) is 0 Å². The SMILES string of the molecule is O=C(CCc1ccccn1)Nc1ccc(Br)cc1C(=O)O. The van der Waals surface area contributed by atoms with Crippen LogP contribution in [0.5, 0.6) is 0 Å². The van der Waals surface area contributed by atoms with Crippen LogP contribution in [0.4, 0.5) is 5.69 Å². The highest BCUT2D eigenvalue weighted by Crippen LogP contribution is 2.21. The van der Waals surface area contributed by atoms with Gasteiger partial charge in [-0.3, -0.25) is 9.78 Å². The normalized spacial score (nSPS) is 10.1. The Bertz CT molecular complexity index is 659. The summed E-state index contributed by atoms with van der Waals surface area (Å²) < 4.78 is 0.645. The lowest BCUT2D eigenvalue weighted by atomic mass is 10.1. The van der Waals surface area contributed by atoms with Crippen molar-refractivity contribution < 1.29 is 14.7 Å². The Morgan fingerprint density at radius 1 is 1.24 bits per heavy atom. The lowest BCUT2D eigenvalue weighted by Crippen LogP contribution is -2.15. The number of hydrogen-bond donors (Lipinski definition) is 2. The Morgan fingerprint density at radius 2 is 2.05 bits per heavy atom. The van der Waals surface area contributed by atoms with Crippen molar-refractivity contribution in [2.45, 2.75) is 12.8 Å². The number of amides is 1. The number of aryl methyl sites for hydroxylation is 1. The summed E-state index contributed by atoms with van der Waals surface area (Å²) in [5.41, 5.74) is 1.16. The van der Waals surface area contributed by atoms with E-state index in [2.05, 4.69) is 26.2 Å². The molecular weight excluding hydrogens is 336 g/mol. The predicted octanol–water partition coefficient (Wildman–Crippen LogP) is 3.11. The van der Waals surface area contributed by atoms with Gasteiger partial charge in [0.2, 0.25) is 5.91 Å². The number of carboxylic acid groups (broad SMARTS) is 1. The van der Waals surface area contributed by atoms with Crippen molar-refractivity contribution in [1.29, 1.82) is 0 Å². The quantitative estimate of drug-likeness (QED) is 0.869. The molecule has 0 saturated carbocycles. The molecule has 108 valence electrons. The van der Waals surface area contributed by atoms with E-state index in [0.717, 1.165) is 5.69 Å². The van der Waals surface area contributed by atoms with Crippen LogP contribution in [0.15, 0.2) is 47.1 Å². The molecule has 2 N–H and O–H groups in total. The molecule has 6 heteroatoms. The average Bonchev–Trinajstić information content (AvgIpc) is 2.48. The molecule has 1 aromatic heterocycles. The number of carbonyl (C=O) groups is 2. The maximum atomic E-state index is 11.9. The number of nitrogens with one attached hydrogen (secondary N) is 1. The number of pyridine rings is 1. The Hall–Kier alpha value is -2.21. The molecular formula is C15H13BrN2O3. The number of carbonyl (C=O) groups excluding carboxylic acids is 1. The van der Waals surface area contributed by atoms with Gasteiger partial charge < -0.3 is 10.4 Å². The fourth-order valence-electron chi connectivity index (χ4n) is 1.80. The molecule has 0 atom stereocenters. The zero-order valence-electron chi connectivity index (χ0n) is 11.0. The number of rotatable bonds is 5. The van der Waals surface area contributed by atoms with Gasteiger partial charge in [-0.15, -0.1) is 0 Å². The third kappa shape index (κ3) is 4.39. The highest BCUT2D eigenvalue weighted by molar-refractivity contribution is 9.10. The van der Waals surface area contributed by atoms with E-state index in [1.54, 1.807) is 18.3 Å². The fraction of sp³-hybridized carbons (Fsp3) is 0.133. The molecule has 1 aromatic carbocycles. The first-order chi connectivity index (χ1) is 10.1. The topological polar surface area (TPSA) is 79.3 Å². The van der Waals surface area contributed by atoms with Crippen molar-refractivity contribution in [3.05, 3.63) is 58.3 Å². The van der Waals surface area contributed by atoms with E-state index < -0.39 is 5.97 Å². The molecule has 0 spiro atoms. The minimum atomic E-state index is -1.09. The highest BCUT2D eigenvalue weighted by atomic mass is 79.9. The van der Waals surface area contributed by atoms with Gasteiger partial charge >= 0.3 is 5.97 Å². The van der Waals surface area contributed by atoms with Crippen LogP contribution < -0.4 is 5.32 Å². The monoisotopic (exact) mass is 348 g/mol. The number of hydrogen-bond acceptors (Lipinski definition) is 3. The molecule has 21 heavy (non-hydrogen) atoms. The van der Waals surface area contributed by atoms with E-state index in [0.29, 0.717) is 10.9 Å². The predicted molar refractivity (Wildman–Crippen MR) is 82.3 cm³/mol. The minimum Gasteiger partial charge on any atom is -0.478 e. The van der Waals surface area contributed by atoms with E-state index in [9.17, 15) is 9.59 Å². The van der Waals surface area contributed by atoms with Gasteiger partial charge in [-0.25, -0.2) is 4.79 Å². The summed E-state index contributed by atoms with van der Waals surface area (Å²) in [6, 6.07) is 10.2. The molecule has 0 aliphatic carbocycles. The number of nitrogens with zero attached hydrogens (tertiary/aromatic N) is 1. The van der Waals surface area contributed by atoms with E-state index >= 15 is 0 Å². The van der Waals surface area contributed by atoms with Crippen molar-refractivity contribution in [3.63, 3.8) is 0 Å². The van der Waals surface area contributed by atoms with Crippen LogP contribution >= 0.6 is 15.9 Å². The average molecular weight is 349 g/mol. The molecule has 0 fully saturated rings. The lowest BCUT2D eigenvalue weighted by Gasteiger charge is -2.08. The molecule has 5 nitrogen and oxygen atoms in total. The standard InChI is InChI=1S/C15H13BrN2O3/c16-10-4-6-13(12(9-10)15(20)21)18-14(19)7-5-11-3-1-2-8-17-11/h1-4,6,8-9H,5,7H2,(H,18,19)(H,20,21). The van der Waals surface area contributed by atoms with Gasteiger partial charge in [0.05, 0.1) is 11.3 Å². The second-order valence-corrected chi connectivity index (χ2v) is 5.28. The summed E-state index contributed by atoms with van der Waals surface area (Å²) in [7, 11) is 0.